The number of carbonyl (C=O) groups excluding carboxylic acids is 1. The molecule has 25 heavy (non-hydrogen) atoms. The molecule has 0 spiro atoms. The van der Waals surface area contributed by atoms with Crippen molar-refractivity contribution in [3.63, 3.8) is 0 Å². The minimum absolute atomic E-state index is 0.126. The Morgan fingerprint density at radius 3 is 2.80 bits per heavy atom. The van der Waals surface area contributed by atoms with E-state index >= 15 is 0 Å². The van der Waals surface area contributed by atoms with E-state index in [0.717, 1.165) is 35.5 Å². The molecule has 2 aromatic carbocycles. The van der Waals surface area contributed by atoms with E-state index in [-0.39, 0.29) is 11.7 Å². The van der Waals surface area contributed by atoms with Crippen LogP contribution in [0.5, 0.6) is 0 Å². The van der Waals surface area contributed by atoms with Crippen LogP contribution in [0.25, 0.3) is 10.2 Å². The molecule has 0 saturated carbocycles. The Hall–Kier alpha value is -1.99. The summed E-state index contributed by atoms with van der Waals surface area (Å²) in [4.78, 5) is 16.9. The number of nitrogens with one attached hydrogen (secondary N) is 1. The van der Waals surface area contributed by atoms with Gasteiger partial charge >= 0.3 is 0 Å². The number of hydrogen-bond donors (Lipinski definition) is 1. The normalized spacial score (nSPS) is 11.0. The fraction of sp³-hybridized carbons (Fsp3) is 0.222. The molecular formula is C18H16F2N2OS2. The fourth-order valence-corrected chi connectivity index (χ4v) is 4.02. The summed E-state index contributed by atoms with van der Waals surface area (Å²) in [5, 5.41) is 3.89. The summed E-state index contributed by atoms with van der Waals surface area (Å²) in [6.07, 6.45) is 1.62. The predicted octanol–water partition coefficient (Wildman–Crippen LogP) is 4.42. The molecule has 1 aromatic heterocycles. The van der Waals surface area contributed by atoms with Crippen molar-refractivity contribution in [3.8, 4) is 0 Å². The van der Waals surface area contributed by atoms with Gasteiger partial charge in [0.1, 0.15) is 0 Å². The van der Waals surface area contributed by atoms with Gasteiger partial charge in [-0.3, -0.25) is 4.79 Å². The topological polar surface area (TPSA) is 42.0 Å². The molecule has 0 aliphatic rings. The highest BCUT2D eigenvalue weighted by molar-refractivity contribution is 8.00. The van der Waals surface area contributed by atoms with E-state index < -0.39 is 11.6 Å². The highest BCUT2D eigenvalue weighted by Crippen LogP contribution is 2.22. The standard InChI is InChI=1S/C18H16F2N2OS2/c19-13-8-7-12(10-14(13)20)24-11-17(23)21-9-3-6-18-22-15-4-1-2-5-16(15)25-18/h1-2,4-5,7-8,10H,3,6,9,11H2,(H,21,23). The number of rotatable bonds is 7. The van der Waals surface area contributed by atoms with Gasteiger partial charge in [0, 0.05) is 17.9 Å². The monoisotopic (exact) mass is 378 g/mol. The summed E-state index contributed by atoms with van der Waals surface area (Å²) < 4.78 is 27.1. The molecule has 0 atom stereocenters. The van der Waals surface area contributed by atoms with Crippen LogP contribution in [-0.4, -0.2) is 23.2 Å². The number of amides is 1. The van der Waals surface area contributed by atoms with Gasteiger partial charge in [-0.25, -0.2) is 13.8 Å². The largest absolute Gasteiger partial charge is 0.355 e. The zero-order valence-electron chi connectivity index (χ0n) is 13.3. The molecule has 3 rings (SSSR count). The SMILES string of the molecule is O=C(CSc1ccc(F)c(F)c1)NCCCc1nc2ccccc2s1. The molecule has 0 aliphatic carbocycles. The van der Waals surface area contributed by atoms with Crippen molar-refractivity contribution >= 4 is 39.2 Å². The van der Waals surface area contributed by atoms with Crippen molar-refractivity contribution in [2.45, 2.75) is 17.7 Å². The Morgan fingerprint density at radius 2 is 2.00 bits per heavy atom. The number of para-hydroxylation sites is 1. The predicted molar refractivity (Wildman–Crippen MR) is 98.0 cm³/mol. The van der Waals surface area contributed by atoms with E-state index in [1.54, 1.807) is 11.3 Å². The first-order valence-electron chi connectivity index (χ1n) is 7.81. The van der Waals surface area contributed by atoms with Crippen molar-refractivity contribution in [1.29, 1.82) is 0 Å². The summed E-state index contributed by atoms with van der Waals surface area (Å²) in [5.41, 5.74) is 1.01. The molecule has 1 amide bonds. The van der Waals surface area contributed by atoms with Crippen molar-refractivity contribution in [3.05, 3.63) is 59.1 Å². The molecule has 1 heterocycles. The van der Waals surface area contributed by atoms with Crippen LogP contribution in [0.15, 0.2) is 47.4 Å². The van der Waals surface area contributed by atoms with Crippen molar-refractivity contribution in [1.82, 2.24) is 10.3 Å². The Morgan fingerprint density at radius 1 is 1.16 bits per heavy atom. The second-order valence-corrected chi connectivity index (χ2v) is 7.56. The van der Waals surface area contributed by atoms with E-state index in [4.69, 9.17) is 0 Å². The lowest BCUT2D eigenvalue weighted by atomic mass is 10.3. The van der Waals surface area contributed by atoms with E-state index in [2.05, 4.69) is 10.3 Å². The first kappa shape index (κ1) is 17.8. The summed E-state index contributed by atoms with van der Waals surface area (Å²) >= 11 is 2.85. The van der Waals surface area contributed by atoms with Crippen LogP contribution >= 0.6 is 23.1 Å². The number of nitrogens with zero attached hydrogens (tertiary/aromatic N) is 1. The van der Waals surface area contributed by atoms with Gasteiger partial charge in [-0.1, -0.05) is 12.1 Å². The Labute approximate surface area is 152 Å². The van der Waals surface area contributed by atoms with Crippen LogP contribution in [0.4, 0.5) is 8.78 Å². The Balaban J connectivity index is 1.38. The number of thiazole rings is 1. The summed E-state index contributed by atoms with van der Waals surface area (Å²) in [6.45, 7) is 0.563. The molecule has 0 saturated heterocycles. The first-order valence-corrected chi connectivity index (χ1v) is 9.61. The second-order valence-electron chi connectivity index (χ2n) is 5.39. The van der Waals surface area contributed by atoms with Crippen molar-refractivity contribution in [2.75, 3.05) is 12.3 Å². The Kier molecular flexibility index (Phi) is 5.99. The second kappa shape index (κ2) is 8.40. The first-order chi connectivity index (χ1) is 12.1. The molecular weight excluding hydrogens is 362 g/mol. The number of aromatic nitrogens is 1. The molecule has 1 N–H and O–H groups in total. The van der Waals surface area contributed by atoms with E-state index in [1.807, 2.05) is 24.3 Å². The van der Waals surface area contributed by atoms with Crippen molar-refractivity contribution < 1.29 is 13.6 Å². The Bertz CT molecular complexity index is 849. The van der Waals surface area contributed by atoms with Gasteiger partial charge in [-0.2, -0.15) is 0 Å². The lowest BCUT2D eigenvalue weighted by Gasteiger charge is -2.05. The molecule has 3 aromatic rings. The number of aryl methyl sites for hydroxylation is 1. The maximum Gasteiger partial charge on any atom is 0.230 e. The third-order valence-electron chi connectivity index (χ3n) is 3.49. The zero-order chi connectivity index (χ0) is 17.6. The maximum atomic E-state index is 13.1. The third-order valence-corrected chi connectivity index (χ3v) is 5.58. The quantitative estimate of drug-likeness (QED) is 0.489. The average Bonchev–Trinajstić information content (AvgIpc) is 3.02. The average molecular weight is 378 g/mol. The lowest BCUT2D eigenvalue weighted by molar-refractivity contribution is -0.118. The van der Waals surface area contributed by atoms with Crippen LogP contribution in [0, 0.1) is 11.6 Å². The summed E-state index contributed by atoms with van der Waals surface area (Å²) in [6, 6.07) is 11.6. The van der Waals surface area contributed by atoms with Crippen LogP contribution in [0.3, 0.4) is 0 Å². The highest BCUT2D eigenvalue weighted by atomic mass is 32.2. The number of benzene rings is 2. The van der Waals surface area contributed by atoms with Gasteiger partial charge in [0.05, 0.1) is 21.0 Å². The number of thioether (sulfide) groups is 1. The number of halogens is 2. The summed E-state index contributed by atoms with van der Waals surface area (Å²) in [7, 11) is 0. The number of hydrogen-bond acceptors (Lipinski definition) is 4. The van der Waals surface area contributed by atoms with E-state index in [0.29, 0.717) is 11.4 Å². The lowest BCUT2D eigenvalue weighted by Crippen LogP contribution is -2.26. The zero-order valence-corrected chi connectivity index (χ0v) is 14.9. The molecule has 0 aliphatic heterocycles. The number of fused-ring (bicyclic) bond motifs is 1. The highest BCUT2D eigenvalue weighted by Gasteiger charge is 2.07. The van der Waals surface area contributed by atoms with Gasteiger partial charge < -0.3 is 5.32 Å². The van der Waals surface area contributed by atoms with Gasteiger partial charge in [-0.15, -0.1) is 23.1 Å². The van der Waals surface area contributed by atoms with Gasteiger partial charge in [0.25, 0.3) is 0 Å². The smallest absolute Gasteiger partial charge is 0.230 e. The van der Waals surface area contributed by atoms with Crippen LogP contribution in [-0.2, 0) is 11.2 Å². The van der Waals surface area contributed by atoms with Gasteiger partial charge in [0.2, 0.25) is 5.91 Å². The summed E-state index contributed by atoms with van der Waals surface area (Å²) in [5.74, 6) is -1.74. The minimum Gasteiger partial charge on any atom is -0.355 e. The fourth-order valence-electron chi connectivity index (χ4n) is 2.26. The van der Waals surface area contributed by atoms with Crippen LogP contribution in [0.2, 0.25) is 0 Å². The molecule has 3 nitrogen and oxygen atoms in total. The van der Waals surface area contributed by atoms with E-state index in [9.17, 15) is 13.6 Å². The molecule has 7 heteroatoms. The molecule has 0 radical (unpaired) electrons. The molecule has 0 fully saturated rings. The molecule has 130 valence electrons. The molecule has 0 unspecified atom stereocenters. The van der Waals surface area contributed by atoms with Crippen molar-refractivity contribution in [2.24, 2.45) is 0 Å². The maximum absolute atomic E-state index is 13.1. The third kappa shape index (κ3) is 4.99. The molecule has 0 bridgehead atoms. The van der Waals surface area contributed by atoms with Gasteiger partial charge in [0.15, 0.2) is 11.6 Å². The minimum atomic E-state index is -0.902. The van der Waals surface area contributed by atoms with E-state index in [1.165, 1.54) is 22.5 Å². The van der Waals surface area contributed by atoms with Gasteiger partial charge in [-0.05, 0) is 36.8 Å². The number of carbonyl (C=O) groups is 1. The van der Waals surface area contributed by atoms with Crippen LogP contribution in [0.1, 0.15) is 11.4 Å². The van der Waals surface area contributed by atoms with Crippen LogP contribution < -0.4 is 5.32 Å².